The first-order valence-electron chi connectivity index (χ1n) is 5.03. The second kappa shape index (κ2) is 3.86. The van der Waals surface area contributed by atoms with Crippen molar-refractivity contribution >= 4 is 11.6 Å². The van der Waals surface area contributed by atoms with Crippen molar-refractivity contribution < 1.29 is 13.9 Å². The van der Waals surface area contributed by atoms with Crippen LogP contribution in [0, 0.1) is 17.0 Å². The maximum Gasteiger partial charge on any atom is 0.168 e. The molecule has 2 rings (SSSR count). The second-order valence-electron chi connectivity index (χ2n) is 4.20. The minimum absolute atomic E-state index is 0.0539. The number of hydrogen-bond donors (Lipinski definition) is 3. The summed E-state index contributed by atoms with van der Waals surface area (Å²) in [6, 6.07) is 0.698. The molecule has 1 aromatic rings. The standard InChI is InChI=1S/C10H13F2N3O/c11-6-3-7(12)9(15-8(6)13)14-4-10(5-16)1-2-10/h3,16H,1-2,4-5H2,(H3,13,14,15). The van der Waals surface area contributed by atoms with Crippen LogP contribution in [-0.2, 0) is 0 Å². The van der Waals surface area contributed by atoms with Crippen molar-refractivity contribution in [3.05, 3.63) is 17.7 Å². The van der Waals surface area contributed by atoms with Crippen molar-refractivity contribution in [2.45, 2.75) is 12.8 Å². The van der Waals surface area contributed by atoms with Gasteiger partial charge in [-0.05, 0) is 12.8 Å². The number of hydrogen-bond acceptors (Lipinski definition) is 4. The van der Waals surface area contributed by atoms with Crippen LogP contribution in [0.25, 0.3) is 0 Å². The minimum atomic E-state index is -0.869. The molecule has 16 heavy (non-hydrogen) atoms. The van der Waals surface area contributed by atoms with Crippen LogP contribution in [0.1, 0.15) is 12.8 Å². The minimum Gasteiger partial charge on any atom is -0.396 e. The van der Waals surface area contributed by atoms with Gasteiger partial charge >= 0.3 is 0 Å². The van der Waals surface area contributed by atoms with Crippen LogP contribution in [0.5, 0.6) is 0 Å². The summed E-state index contributed by atoms with van der Waals surface area (Å²) in [6.07, 6.45) is 1.80. The molecule has 1 aliphatic carbocycles. The molecule has 1 saturated carbocycles. The van der Waals surface area contributed by atoms with Crippen LogP contribution in [0.2, 0.25) is 0 Å². The smallest absolute Gasteiger partial charge is 0.168 e. The Morgan fingerprint density at radius 3 is 2.69 bits per heavy atom. The van der Waals surface area contributed by atoms with Crippen molar-refractivity contribution in [3.63, 3.8) is 0 Å². The van der Waals surface area contributed by atoms with Crippen molar-refractivity contribution in [2.24, 2.45) is 5.41 Å². The third-order valence-corrected chi connectivity index (χ3v) is 2.88. The SMILES string of the molecule is Nc1nc(NCC2(CO)CC2)c(F)cc1F. The van der Waals surface area contributed by atoms with Crippen LogP contribution < -0.4 is 11.1 Å². The highest BCUT2D eigenvalue weighted by Crippen LogP contribution is 2.44. The molecule has 1 aliphatic rings. The van der Waals surface area contributed by atoms with E-state index in [1.807, 2.05) is 0 Å². The van der Waals surface area contributed by atoms with Crippen LogP contribution >= 0.6 is 0 Å². The number of nitrogens with one attached hydrogen (secondary N) is 1. The summed E-state index contributed by atoms with van der Waals surface area (Å²) in [5.41, 5.74) is 5.07. The average molecular weight is 229 g/mol. The van der Waals surface area contributed by atoms with Crippen molar-refractivity contribution in [2.75, 3.05) is 24.2 Å². The van der Waals surface area contributed by atoms with Gasteiger partial charge in [0.2, 0.25) is 0 Å². The first-order valence-corrected chi connectivity index (χ1v) is 5.03. The zero-order valence-corrected chi connectivity index (χ0v) is 8.63. The van der Waals surface area contributed by atoms with Crippen LogP contribution in [-0.4, -0.2) is 23.2 Å². The van der Waals surface area contributed by atoms with E-state index < -0.39 is 11.6 Å². The highest BCUT2D eigenvalue weighted by molar-refractivity contribution is 5.45. The van der Waals surface area contributed by atoms with Gasteiger partial charge in [0.15, 0.2) is 23.3 Å². The van der Waals surface area contributed by atoms with Gasteiger partial charge in [-0.15, -0.1) is 0 Å². The molecule has 0 atom stereocenters. The third kappa shape index (κ3) is 2.06. The Morgan fingerprint density at radius 1 is 1.44 bits per heavy atom. The van der Waals surface area contributed by atoms with Gasteiger partial charge in [0.05, 0.1) is 6.61 Å². The van der Waals surface area contributed by atoms with Gasteiger partial charge in [0.1, 0.15) is 0 Å². The summed E-state index contributed by atoms with van der Waals surface area (Å²) in [7, 11) is 0. The number of nitrogens with two attached hydrogens (primary N) is 1. The summed E-state index contributed by atoms with van der Waals surface area (Å²) >= 11 is 0. The number of anilines is 2. The molecule has 0 spiro atoms. The van der Waals surface area contributed by atoms with E-state index in [-0.39, 0.29) is 23.7 Å². The van der Waals surface area contributed by atoms with E-state index in [4.69, 9.17) is 10.8 Å². The van der Waals surface area contributed by atoms with Gasteiger partial charge in [-0.25, -0.2) is 13.8 Å². The molecule has 88 valence electrons. The van der Waals surface area contributed by atoms with Gasteiger partial charge in [-0.3, -0.25) is 0 Å². The molecule has 6 heteroatoms. The lowest BCUT2D eigenvalue weighted by Crippen LogP contribution is -2.20. The maximum atomic E-state index is 13.2. The fourth-order valence-electron chi connectivity index (χ4n) is 1.44. The van der Waals surface area contributed by atoms with Gasteiger partial charge < -0.3 is 16.2 Å². The predicted octanol–water partition coefficient (Wildman–Crippen LogP) is 1.13. The molecule has 0 saturated heterocycles. The van der Waals surface area contributed by atoms with Crippen molar-refractivity contribution in [1.82, 2.24) is 4.98 Å². The third-order valence-electron chi connectivity index (χ3n) is 2.88. The molecule has 1 heterocycles. The second-order valence-corrected chi connectivity index (χ2v) is 4.20. The Kier molecular flexibility index (Phi) is 2.67. The molecular formula is C10H13F2N3O. The summed E-state index contributed by atoms with van der Waals surface area (Å²) in [5, 5.41) is 11.8. The van der Waals surface area contributed by atoms with Crippen molar-refractivity contribution in [1.29, 1.82) is 0 Å². The summed E-state index contributed by atoms with van der Waals surface area (Å²) in [4.78, 5) is 3.57. The average Bonchev–Trinajstić information content (AvgIpc) is 3.02. The molecule has 0 amide bonds. The van der Waals surface area contributed by atoms with Gasteiger partial charge in [0.25, 0.3) is 0 Å². The number of rotatable bonds is 4. The lowest BCUT2D eigenvalue weighted by molar-refractivity contribution is 0.219. The van der Waals surface area contributed by atoms with E-state index in [2.05, 4.69) is 10.3 Å². The lowest BCUT2D eigenvalue weighted by atomic mass is 10.1. The van der Waals surface area contributed by atoms with E-state index in [0.29, 0.717) is 12.6 Å². The number of nitrogen functional groups attached to an aromatic ring is 1. The largest absolute Gasteiger partial charge is 0.396 e. The molecule has 4 nitrogen and oxygen atoms in total. The van der Waals surface area contributed by atoms with E-state index in [1.165, 1.54) is 0 Å². The number of pyridine rings is 1. The van der Waals surface area contributed by atoms with Crippen LogP contribution in [0.3, 0.4) is 0 Å². The Hall–Kier alpha value is -1.43. The van der Waals surface area contributed by atoms with Crippen LogP contribution in [0.4, 0.5) is 20.4 Å². The maximum absolute atomic E-state index is 13.2. The summed E-state index contributed by atoms with van der Waals surface area (Å²) < 4.78 is 26.1. The lowest BCUT2D eigenvalue weighted by Gasteiger charge is -2.13. The number of aliphatic hydroxyl groups excluding tert-OH is 1. The first kappa shape index (κ1) is 11.1. The Morgan fingerprint density at radius 2 is 2.12 bits per heavy atom. The highest BCUT2D eigenvalue weighted by atomic mass is 19.1. The quantitative estimate of drug-likeness (QED) is 0.723. The molecule has 1 aromatic heterocycles. The first-order chi connectivity index (χ1) is 7.56. The number of halogens is 2. The van der Waals surface area contributed by atoms with E-state index >= 15 is 0 Å². The fourth-order valence-corrected chi connectivity index (χ4v) is 1.44. The summed E-state index contributed by atoms with van der Waals surface area (Å²) in [6.45, 7) is 0.469. The molecule has 1 fully saturated rings. The zero-order chi connectivity index (χ0) is 11.8. The molecule has 0 radical (unpaired) electrons. The molecular weight excluding hydrogens is 216 g/mol. The Balaban J connectivity index is 2.07. The molecule has 0 aromatic carbocycles. The molecule has 0 bridgehead atoms. The van der Waals surface area contributed by atoms with Crippen LogP contribution in [0.15, 0.2) is 6.07 Å². The molecule has 0 aliphatic heterocycles. The van der Waals surface area contributed by atoms with E-state index in [9.17, 15) is 8.78 Å². The predicted molar refractivity (Wildman–Crippen MR) is 55.8 cm³/mol. The number of aliphatic hydroxyl groups is 1. The van der Waals surface area contributed by atoms with E-state index in [1.54, 1.807) is 0 Å². The topological polar surface area (TPSA) is 71.2 Å². The Bertz CT molecular complexity index is 407. The molecule has 0 unspecified atom stereocenters. The van der Waals surface area contributed by atoms with Crippen molar-refractivity contribution in [3.8, 4) is 0 Å². The molecule has 4 N–H and O–H groups in total. The number of nitrogens with zero attached hydrogens (tertiary/aromatic N) is 1. The van der Waals surface area contributed by atoms with Gasteiger partial charge in [-0.1, -0.05) is 0 Å². The van der Waals surface area contributed by atoms with Gasteiger partial charge in [0, 0.05) is 18.0 Å². The normalized spacial score (nSPS) is 17.2. The Labute approximate surface area is 91.5 Å². The number of aromatic nitrogens is 1. The zero-order valence-electron chi connectivity index (χ0n) is 8.63. The fraction of sp³-hybridized carbons (Fsp3) is 0.500. The van der Waals surface area contributed by atoms with Gasteiger partial charge in [-0.2, -0.15) is 0 Å². The summed E-state index contributed by atoms with van der Waals surface area (Å²) in [5.74, 6) is -2.05. The monoisotopic (exact) mass is 229 g/mol. The van der Waals surface area contributed by atoms with E-state index in [0.717, 1.165) is 12.8 Å². The highest BCUT2D eigenvalue weighted by Gasteiger charge is 2.41.